The van der Waals surface area contributed by atoms with Crippen molar-refractivity contribution in [1.82, 2.24) is 30.0 Å². The SMILES string of the molecule is Cc1cc(C)n(-c2ccc(CNC(=O)CCc3nc4ccccc4[nH]3)cn2)n1. The second-order valence-electron chi connectivity index (χ2n) is 6.84. The molecule has 0 atom stereocenters. The average molecular weight is 374 g/mol. The second kappa shape index (κ2) is 7.64. The van der Waals surface area contributed by atoms with Crippen LogP contribution in [0.3, 0.4) is 0 Å². The van der Waals surface area contributed by atoms with Crippen LogP contribution in [0.5, 0.6) is 0 Å². The van der Waals surface area contributed by atoms with Crippen LogP contribution in [0.2, 0.25) is 0 Å². The van der Waals surface area contributed by atoms with Crippen LogP contribution in [0.4, 0.5) is 0 Å². The van der Waals surface area contributed by atoms with E-state index in [1.807, 2.05) is 61.0 Å². The summed E-state index contributed by atoms with van der Waals surface area (Å²) in [5, 5.41) is 7.36. The number of nitrogens with zero attached hydrogens (tertiary/aromatic N) is 4. The summed E-state index contributed by atoms with van der Waals surface area (Å²) in [6.07, 6.45) is 2.73. The molecule has 7 heteroatoms. The molecule has 0 aliphatic heterocycles. The van der Waals surface area contributed by atoms with E-state index in [-0.39, 0.29) is 5.91 Å². The zero-order chi connectivity index (χ0) is 19.5. The van der Waals surface area contributed by atoms with Gasteiger partial charge in [-0.25, -0.2) is 14.6 Å². The number of para-hydroxylation sites is 2. The number of carbonyl (C=O) groups excluding carboxylic acids is 1. The lowest BCUT2D eigenvalue weighted by molar-refractivity contribution is -0.121. The van der Waals surface area contributed by atoms with Crippen LogP contribution in [0.1, 0.15) is 29.2 Å². The van der Waals surface area contributed by atoms with E-state index in [1.165, 1.54) is 0 Å². The van der Waals surface area contributed by atoms with Gasteiger partial charge in [0.2, 0.25) is 5.91 Å². The Bertz CT molecular complexity index is 1080. The van der Waals surface area contributed by atoms with Crippen LogP contribution in [0.25, 0.3) is 16.9 Å². The molecular formula is C21H22N6O. The number of benzene rings is 1. The number of hydrogen-bond donors (Lipinski definition) is 2. The highest BCUT2D eigenvalue weighted by molar-refractivity contribution is 5.77. The van der Waals surface area contributed by atoms with E-state index in [4.69, 9.17) is 0 Å². The molecule has 0 saturated heterocycles. The molecule has 4 rings (SSSR count). The molecule has 28 heavy (non-hydrogen) atoms. The van der Waals surface area contributed by atoms with Crippen molar-refractivity contribution in [3.63, 3.8) is 0 Å². The summed E-state index contributed by atoms with van der Waals surface area (Å²) in [5.41, 5.74) is 4.86. The molecule has 7 nitrogen and oxygen atoms in total. The number of pyridine rings is 1. The number of nitrogens with one attached hydrogen (secondary N) is 2. The molecule has 0 fully saturated rings. The summed E-state index contributed by atoms with van der Waals surface area (Å²) < 4.78 is 1.81. The van der Waals surface area contributed by atoms with Gasteiger partial charge < -0.3 is 10.3 Å². The summed E-state index contributed by atoms with van der Waals surface area (Å²) in [6, 6.07) is 13.7. The minimum Gasteiger partial charge on any atom is -0.352 e. The van der Waals surface area contributed by atoms with E-state index >= 15 is 0 Å². The molecule has 3 heterocycles. The molecule has 0 spiro atoms. The Balaban J connectivity index is 1.30. The number of amides is 1. The van der Waals surface area contributed by atoms with Crippen LogP contribution in [0, 0.1) is 13.8 Å². The van der Waals surface area contributed by atoms with Gasteiger partial charge in [0.1, 0.15) is 5.82 Å². The molecule has 4 aromatic rings. The Morgan fingerprint density at radius 3 is 2.75 bits per heavy atom. The van der Waals surface area contributed by atoms with Gasteiger partial charge in [-0.3, -0.25) is 4.79 Å². The molecule has 0 aliphatic rings. The van der Waals surface area contributed by atoms with Gasteiger partial charge in [0, 0.05) is 31.3 Å². The van der Waals surface area contributed by atoms with E-state index in [2.05, 4.69) is 25.4 Å². The van der Waals surface area contributed by atoms with E-state index in [9.17, 15) is 4.79 Å². The van der Waals surface area contributed by atoms with Crippen molar-refractivity contribution in [3.05, 3.63) is 71.4 Å². The fourth-order valence-corrected chi connectivity index (χ4v) is 3.15. The van der Waals surface area contributed by atoms with Gasteiger partial charge >= 0.3 is 0 Å². The van der Waals surface area contributed by atoms with Gasteiger partial charge in [-0.1, -0.05) is 18.2 Å². The standard InChI is InChI=1S/C21H22N6O/c1-14-11-15(2)27(26-14)20-9-7-16(12-22-20)13-23-21(28)10-8-19-24-17-5-3-4-6-18(17)25-19/h3-7,9,11-12H,8,10,13H2,1-2H3,(H,23,28)(H,24,25). The Morgan fingerprint density at radius 2 is 2.04 bits per heavy atom. The molecule has 142 valence electrons. The molecule has 0 radical (unpaired) electrons. The zero-order valence-electron chi connectivity index (χ0n) is 15.9. The third-order valence-electron chi connectivity index (χ3n) is 4.55. The van der Waals surface area contributed by atoms with E-state index in [1.54, 1.807) is 6.20 Å². The maximum absolute atomic E-state index is 12.2. The van der Waals surface area contributed by atoms with Crippen molar-refractivity contribution in [2.75, 3.05) is 0 Å². The maximum Gasteiger partial charge on any atom is 0.220 e. The molecule has 1 aromatic carbocycles. The molecule has 0 bridgehead atoms. The number of rotatable bonds is 6. The number of aromatic nitrogens is 5. The van der Waals surface area contributed by atoms with E-state index in [0.29, 0.717) is 19.4 Å². The number of fused-ring (bicyclic) bond motifs is 1. The molecule has 1 amide bonds. The van der Waals surface area contributed by atoms with E-state index < -0.39 is 0 Å². The summed E-state index contributed by atoms with van der Waals surface area (Å²) in [6.45, 7) is 4.40. The average Bonchev–Trinajstić information content (AvgIpc) is 3.27. The summed E-state index contributed by atoms with van der Waals surface area (Å²) >= 11 is 0. The van der Waals surface area contributed by atoms with Crippen molar-refractivity contribution < 1.29 is 4.79 Å². The van der Waals surface area contributed by atoms with E-state index in [0.717, 1.165) is 39.6 Å². The smallest absolute Gasteiger partial charge is 0.220 e. The third-order valence-corrected chi connectivity index (χ3v) is 4.55. The highest BCUT2D eigenvalue weighted by Crippen LogP contribution is 2.12. The first kappa shape index (κ1) is 17.9. The Labute approximate surface area is 162 Å². The number of hydrogen-bond acceptors (Lipinski definition) is 4. The zero-order valence-corrected chi connectivity index (χ0v) is 15.9. The van der Waals surface area contributed by atoms with Crippen LogP contribution in [-0.2, 0) is 17.8 Å². The van der Waals surface area contributed by atoms with Gasteiger partial charge in [-0.15, -0.1) is 0 Å². The lowest BCUT2D eigenvalue weighted by atomic mass is 10.2. The van der Waals surface area contributed by atoms with Crippen molar-refractivity contribution >= 4 is 16.9 Å². The van der Waals surface area contributed by atoms with Crippen molar-refractivity contribution in [1.29, 1.82) is 0 Å². The predicted molar refractivity (Wildman–Crippen MR) is 107 cm³/mol. The minimum atomic E-state index is -0.0110. The highest BCUT2D eigenvalue weighted by Gasteiger charge is 2.08. The number of carbonyl (C=O) groups is 1. The molecule has 3 aromatic heterocycles. The Kier molecular flexibility index (Phi) is 4.89. The minimum absolute atomic E-state index is 0.0110. The Morgan fingerprint density at radius 1 is 1.18 bits per heavy atom. The van der Waals surface area contributed by atoms with Crippen molar-refractivity contribution in [2.24, 2.45) is 0 Å². The summed E-state index contributed by atoms with van der Waals surface area (Å²) in [7, 11) is 0. The number of aryl methyl sites for hydroxylation is 3. The van der Waals surface area contributed by atoms with Gasteiger partial charge in [0.15, 0.2) is 5.82 Å². The van der Waals surface area contributed by atoms with Gasteiger partial charge in [-0.2, -0.15) is 5.10 Å². The highest BCUT2D eigenvalue weighted by atomic mass is 16.1. The van der Waals surface area contributed by atoms with Crippen LogP contribution >= 0.6 is 0 Å². The summed E-state index contributed by atoms with van der Waals surface area (Å²) in [5.74, 6) is 1.58. The first-order chi connectivity index (χ1) is 13.6. The quantitative estimate of drug-likeness (QED) is 0.543. The first-order valence-corrected chi connectivity index (χ1v) is 9.27. The summed E-state index contributed by atoms with van der Waals surface area (Å²) in [4.78, 5) is 24.3. The van der Waals surface area contributed by atoms with Crippen molar-refractivity contribution in [2.45, 2.75) is 33.2 Å². The molecule has 0 unspecified atom stereocenters. The van der Waals surface area contributed by atoms with Gasteiger partial charge in [-0.05, 0) is 43.7 Å². The van der Waals surface area contributed by atoms with Crippen molar-refractivity contribution in [3.8, 4) is 5.82 Å². The monoisotopic (exact) mass is 374 g/mol. The fourth-order valence-electron chi connectivity index (χ4n) is 3.15. The molecule has 0 aliphatic carbocycles. The largest absolute Gasteiger partial charge is 0.352 e. The topological polar surface area (TPSA) is 88.5 Å². The lowest BCUT2D eigenvalue weighted by Crippen LogP contribution is -2.23. The Hall–Kier alpha value is -3.48. The van der Waals surface area contributed by atoms with Crippen LogP contribution in [-0.4, -0.2) is 30.6 Å². The van der Waals surface area contributed by atoms with Crippen LogP contribution in [0.15, 0.2) is 48.7 Å². The lowest BCUT2D eigenvalue weighted by Gasteiger charge is -2.07. The van der Waals surface area contributed by atoms with Gasteiger partial charge in [0.25, 0.3) is 0 Å². The maximum atomic E-state index is 12.2. The first-order valence-electron chi connectivity index (χ1n) is 9.27. The number of H-pyrrole nitrogens is 1. The third kappa shape index (κ3) is 3.93. The predicted octanol–water partition coefficient (Wildman–Crippen LogP) is 3.01. The molecule has 0 saturated carbocycles. The fraction of sp³-hybridized carbons (Fsp3) is 0.238. The number of aromatic amines is 1. The second-order valence-corrected chi connectivity index (χ2v) is 6.84. The number of imidazole rings is 1. The molecular weight excluding hydrogens is 352 g/mol. The van der Waals surface area contributed by atoms with Crippen LogP contribution < -0.4 is 5.32 Å². The normalized spacial score (nSPS) is 11.1. The van der Waals surface area contributed by atoms with Gasteiger partial charge in [0.05, 0.1) is 16.7 Å². The molecule has 2 N–H and O–H groups in total.